The van der Waals surface area contributed by atoms with E-state index in [-0.39, 0.29) is 5.76 Å². The molecule has 0 saturated heterocycles. The van der Waals surface area contributed by atoms with Crippen molar-refractivity contribution in [1.29, 1.82) is 0 Å². The van der Waals surface area contributed by atoms with Crippen molar-refractivity contribution in [2.24, 2.45) is 0 Å². The molecule has 1 aromatic rings. The molecule has 4 heteroatoms. The first-order valence-corrected chi connectivity index (χ1v) is 6.61. The van der Waals surface area contributed by atoms with Crippen LogP contribution in [0.5, 0.6) is 0 Å². The second-order valence-electron chi connectivity index (χ2n) is 5.62. The first-order valence-electron chi connectivity index (χ1n) is 6.61. The number of hydrogen-bond acceptors (Lipinski definition) is 4. The van der Waals surface area contributed by atoms with Crippen LogP contribution in [0.25, 0.3) is 5.76 Å². The molecule has 0 unspecified atom stereocenters. The number of cyclic esters (lactones) is 1. The van der Waals surface area contributed by atoms with Gasteiger partial charge in [-0.2, -0.15) is 0 Å². The predicted octanol–water partition coefficient (Wildman–Crippen LogP) is 3.10. The van der Waals surface area contributed by atoms with Gasteiger partial charge in [-0.05, 0) is 32.8 Å². The Morgan fingerprint density at radius 1 is 1.35 bits per heavy atom. The molecule has 106 valence electrons. The fraction of sp³-hybridized carbons (Fsp3) is 0.375. The van der Waals surface area contributed by atoms with Gasteiger partial charge in [0.2, 0.25) is 0 Å². The third-order valence-corrected chi connectivity index (χ3v) is 2.86. The summed E-state index contributed by atoms with van der Waals surface area (Å²) in [6, 6.07) is 5.51. The van der Waals surface area contributed by atoms with E-state index in [0.717, 1.165) is 12.0 Å². The molecule has 0 atom stereocenters. The molecule has 1 aliphatic rings. The van der Waals surface area contributed by atoms with Crippen LogP contribution < -0.4 is 0 Å². The lowest BCUT2D eigenvalue weighted by molar-refractivity contribution is -0.148. The summed E-state index contributed by atoms with van der Waals surface area (Å²) in [5.74, 6) is -0.670. The zero-order chi connectivity index (χ0) is 14.9. The number of carbonyl (C=O) groups excluding carboxylic acids is 2. The molecule has 1 aromatic carbocycles. The van der Waals surface area contributed by atoms with E-state index in [2.05, 4.69) is 0 Å². The van der Waals surface area contributed by atoms with Crippen LogP contribution in [-0.4, -0.2) is 17.5 Å². The summed E-state index contributed by atoms with van der Waals surface area (Å²) in [6.45, 7) is 7.33. The van der Waals surface area contributed by atoms with E-state index in [1.807, 2.05) is 19.1 Å². The highest BCUT2D eigenvalue weighted by Gasteiger charge is 2.29. The van der Waals surface area contributed by atoms with E-state index < -0.39 is 17.5 Å². The molecule has 1 aliphatic heterocycles. The largest absolute Gasteiger partial charge is 0.457 e. The van der Waals surface area contributed by atoms with E-state index in [1.54, 1.807) is 26.8 Å². The van der Waals surface area contributed by atoms with Crippen molar-refractivity contribution >= 4 is 17.7 Å². The fourth-order valence-corrected chi connectivity index (χ4v) is 2.09. The number of fused-ring (bicyclic) bond motifs is 1. The normalized spacial score (nSPS) is 16.0. The molecule has 4 nitrogen and oxygen atoms in total. The topological polar surface area (TPSA) is 52.6 Å². The van der Waals surface area contributed by atoms with Gasteiger partial charge in [-0.25, -0.2) is 9.59 Å². The van der Waals surface area contributed by atoms with Crippen molar-refractivity contribution in [3.63, 3.8) is 0 Å². The minimum Gasteiger partial charge on any atom is -0.457 e. The lowest BCUT2D eigenvalue weighted by Crippen LogP contribution is -2.22. The fourth-order valence-electron chi connectivity index (χ4n) is 2.09. The Hall–Kier alpha value is -2.10. The number of ether oxygens (including phenoxy) is 2. The van der Waals surface area contributed by atoms with E-state index in [9.17, 15) is 9.59 Å². The number of rotatable bonds is 2. The van der Waals surface area contributed by atoms with Gasteiger partial charge in [0.1, 0.15) is 11.4 Å². The van der Waals surface area contributed by atoms with Gasteiger partial charge in [0.05, 0.1) is 11.6 Å². The number of hydrogen-bond donors (Lipinski definition) is 0. The van der Waals surface area contributed by atoms with E-state index in [4.69, 9.17) is 9.47 Å². The van der Waals surface area contributed by atoms with E-state index in [0.29, 0.717) is 11.1 Å². The third-order valence-electron chi connectivity index (χ3n) is 2.86. The number of esters is 2. The molecule has 0 aromatic heterocycles. The maximum Gasteiger partial charge on any atom is 0.344 e. The molecule has 0 fully saturated rings. The lowest BCUT2D eigenvalue weighted by atomic mass is 10.00. The van der Waals surface area contributed by atoms with Crippen molar-refractivity contribution < 1.29 is 19.1 Å². The van der Waals surface area contributed by atoms with Gasteiger partial charge in [-0.1, -0.05) is 25.1 Å². The zero-order valence-corrected chi connectivity index (χ0v) is 12.1. The van der Waals surface area contributed by atoms with Gasteiger partial charge in [-0.3, -0.25) is 0 Å². The van der Waals surface area contributed by atoms with Crippen molar-refractivity contribution in [3.05, 3.63) is 41.0 Å². The van der Waals surface area contributed by atoms with Crippen LogP contribution in [0.15, 0.2) is 24.3 Å². The van der Waals surface area contributed by atoms with Gasteiger partial charge in [0.25, 0.3) is 0 Å². The third kappa shape index (κ3) is 2.90. The van der Waals surface area contributed by atoms with Crippen LogP contribution in [0, 0.1) is 0 Å². The summed E-state index contributed by atoms with van der Waals surface area (Å²) >= 11 is 0. The minimum atomic E-state index is -0.579. The van der Waals surface area contributed by atoms with Gasteiger partial charge in [0.15, 0.2) is 0 Å². The zero-order valence-electron chi connectivity index (χ0n) is 12.1. The number of carbonyl (C=O) groups is 2. The maximum atomic E-state index is 11.9. The minimum absolute atomic E-state index is 0.259. The van der Waals surface area contributed by atoms with Gasteiger partial charge in [-0.15, -0.1) is 0 Å². The lowest BCUT2D eigenvalue weighted by Gasteiger charge is -2.18. The second-order valence-corrected chi connectivity index (χ2v) is 5.62. The Bertz CT molecular complexity index is 591. The molecular weight excluding hydrogens is 256 g/mol. The molecule has 0 bridgehead atoms. The Morgan fingerprint density at radius 2 is 2.05 bits per heavy atom. The van der Waals surface area contributed by atoms with Crippen LogP contribution in [-0.2, 0) is 20.7 Å². The summed E-state index contributed by atoms with van der Waals surface area (Å²) in [5.41, 5.74) is 1.54. The van der Waals surface area contributed by atoms with Crippen molar-refractivity contribution in [2.75, 3.05) is 0 Å². The molecule has 2 rings (SSSR count). The molecular formula is C16H18O4. The molecule has 0 radical (unpaired) electrons. The maximum absolute atomic E-state index is 11.9. The van der Waals surface area contributed by atoms with Crippen molar-refractivity contribution in [1.82, 2.24) is 0 Å². The molecule has 0 aliphatic carbocycles. The van der Waals surface area contributed by atoms with Crippen LogP contribution in [0.3, 0.4) is 0 Å². The standard InChI is InChI=1S/C16H18O4/c1-5-10-7-6-8-11-12(19-15(18)14(10)11)9-13(17)20-16(2,3)4/h6-9H,5H2,1-4H3/b12-9+. The average Bonchev–Trinajstić information content (AvgIpc) is 2.64. The first-order chi connectivity index (χ1) is 9.31. The predicted molar refractivity (Wildman–Crippen MR) is 75.1 cm³/mol. The quantitative estimate of drug-likeness (QED) is 0.614. The van der Waals surface area contributed by atoms with Crippen molar-refractivity contribution in [3.8, 4) is 0 Å². The Balaban J connectivity index is 2.35. The summed E-state index contributed by atoms with van der Waals surface area (Å²) in [6.07, 6.45) is 1.96. The van der Waals surface area contributed by atoms with Gasteiger partial charge in [0, 0.05) is 5.56 Å². The molecule has 0 saturated carbocycles. The van der Waals surface area contributed by atoms with Crippen LogP contribution in [0.1, 0.15) is 49.2 Å². The number of aryl methyl sites for hydroxylation is 1. The first kappa shape index (κ1) is 14.3. The Kier molecular flexibility index (Phi) is 3.66. The van der Waals surface area contributed by atoms with Gasteiger partial charge >= 0.3 is 11.9 Å². The van der Waals surface area contributed by atoms with Crippen LogP contribution in [0.2, 0.25) is 0 Å². The van der Waals surface area contributed by atoms with E-state index in [1.165, 1.54) is 6.08 Å². The average molecular weight is 274 g/mol. The summed E-state index contributed by atoms with van der Waals surface area (Å²) in [7, 11) is 0. The smallest absolute Gasteiger partial charge is 0.344 e. The monoisotopic (exact) mass is 274 g/mol. The highest BCUT2D eigenvalue weighted by Crippen LogP contribution is 2.32. The number of benzene rings is 1. The molecule has 1 heterocycles. The molecule has 20 heavy (non-hydrogen) atoms. The Labute approximate surface area is 118 Å². The summed E-state index contributed by atoms with van der Waals surface area (Å²) in [4.78, 5) is 23.7. The molecule has 0 amide bonds. The summed E-state index contributed by atoms with van der Waals surface area (Å²) < 4.78 is 10.4. The van der Waals surface area contributed by atoms with E-state index >= 15 is 0 Å². The van der Waals surface area contributed by atoms with Crippen molar-refractivity contribution in [2.45, 2.75) is 39.7 Å². The van der Waals surface area contributed by atoms with Crippen LogP contribution in [0.4, 0.5) is 0 Å². The SMILES string of the molecule is CCc1cccc2c1C(=O)O/C2=C/C(=O)OC(C)(C)C. The highest BCUT2D eigenvalue weighted by atomic mass is 16.6. The molecule has 0 spiro atoms. The highest BCUT2D eigenvalue weighted by molar-refractivity contribution is 6.07. The van der Waals surface area contributed by atoms with Gasteiger partial charge < -0.3 is 9.47 Å². The summed E-state index contributed by atoms with van der Waals surface area (Å²) in [5, 5.41) is 0. The Morgan fingerprint density at radius 3 is 2.65 bits per heavy atom. The van der Waals surface area contributed by atoms with Crippen LogP contribution >= 0.6 is 0 Å². The molecule has 0 N–H and O–H groups in total. The second kappa shape index (κ2) is 5.12.